The zero-order valence-electron chi connectivity index (χ0n) is 12.1. The molecule has 0 bridgehead atoms. The third-order valence-electron chi connectivity index (χ3n) is 3.63. The minimum absolute atomic E-state index is 0.503. The second-order valence-electron chi connectivity index (χ2n) is 5.64. The number of epoxide rings is 2. The lowest BCUT2D eigenvalue weighted by Gasteiger charge is -2.05. The predicted molar refractivity (Wildman–Crippen MR) is 75.5 cm³/mol. The lowest BCUT2D eigenvalue weighted by atomic mass is 10.1. The van der Waals surface area contributed by atoms with Gasteiger partial charge in [0, 0.05) is 19.8 Å². The Bertz CT molecular complexity index is 195. The fourth-order valence-electron chi connectivity index (χ4n) is 2.17. The van der Waals surface area contributed by atoms with Gasteiger partial charge in [-0.25, -0.2) is 0 Å². The molecule has 2 aliphatic heterocycles. The van der Waals surface area contributed by atoms with Gasteiger partial charge in [0.1, 0.15) is 0 Å². The number of rotatable bonds is 14. The molecule has 2 heterocycles. The van der Waals surface area contributed by atoms with Crippen molar-refractivity contribution >= 4 is 0 Å². The molecule has 112 valence electrons. The Labute approximate surface area is 117 Å². The summed E-state index contributed by atoms with van der Waals surface area (Å²) in [6.07, 6.45) is 9.90. The monoisotopic (exact) mass is 271 g/mol. The maximum Gasteiger partial charge on any atom is 0.0933 e. The molecule has 2 fully saturated rings. The summed E-state index contributed by atoms with van der Waals surface area (Å²) in [7, 11) is 0. The van der Waals surface area contributed by atoms with Crippen molar-refractivity contribution in [2.24, 2.45) is 0 Å². The predicted octanol–water partition coefficient (Wildman–Crippen LogP) is 2.12. The van der Waals surface area contributed by atoms with Gasteiger partial charge < -0.3 is 19.5 Å². The molecule has 0 amide bonds. The molecule has 2 aliphatic rings. The largest absolute Gasteiger partial charge is 0.381 e. The molecule has 19 heavy (non-hydrogen) atoms. The minimum atomic E-state index is 0.503. The van der Waals surface area contributed by atoms with Crippen LogP contribution in [-0.2, 0) is 14.2 Å². The molecule has 0 aliphatic carbocycles. The molecular formula is C15H29NO3. The van der Waals surface area contributed by atoms with Crippen molar-refractivity contribution in [2.45, 2.75) is 57.2 Å². The number of hydrogen-bond donors (Lipinski definition) is 1. The highest BCUT2D eigenvalue weighted by molar-refractivity contribution is 4.71. The van der Waals surface area contributed by atoms with Crippen molar-refractivity contribution in [3.8, 4) is 0 Å². The Hall–Kier alpha value is -0.160. The third kappa shape index (κ3) is 9.38. The number of unbranched alkanes of at least 4 members (excludes halogenated alkanes) is 4. The van der Waals surface area contributed by atoms with E-state index in [4.69, 9.17) is 14.2 Å². The first kappa shape index (κ1) is 15.2. The van der Waals surface area contributed by atoms with Crippen LogP contribution in [0.2, 0.25) is 0 Å². The quantitative estimate of drug-likeness (QED) is 0.388. The van der Waals surface area contributed by atoms with Gasteiger partial charge in [0.05, 0.1) is 25.4 Å². The van der Waals surface area contributed by atoms with Crippen LogP contribution in [-0.4, -0.2) is 51.7 Å². The van der Waals surface area contributed by atoms with Crippen LogP contribution >= 0.6 is 0 Å². The first-order valence-electron chi connectivity index (χ1n) is 7.97. The van der Waals surface area contributed by atoms with Crippen molar-refractivity contribution in [1.82, 2.24) is 5.32 Å². The third-order valence-corrected chi connectivity index (χ3v) is 3.63. The van der Waals surface area contributed by atoms with Crippen LogP contribution in [0, 0.1) is 0 Å². The van der Waals surface area contributed by atoms with Crippen LogP contribution in [0.1, 0.15) is 44.9 Å². The van der Waals surface area contributed by atoms with E-state index in [1.54, 1.807) is 0 Å². The fraction of sp³-hybridized carbons (Fsp3) is 1.00. The Balaban J connectivity index is 1.18. The summed E-state index contributed by atoms with van der Waals surface area (Å²) in [6.45, 7) is 5.91. The van der Waals surface area contributed by atoms with Crippen LogP contribution < -0.4 is 5.32 Å². The van der Waals surface area contributed by atoms with E-state index in [0.717, 1.165) is 45.9 Å². The number of nitrogens with one attached hydrogen (secondary N) is 1. The fourth-order valence-corrected chi connectivity index (χ4v) is 2.17. The molecule has 2 unspecified atom stereocenters. The van der Waals surface area contributed by atoms with Gasteiger partial charge in [-0.05, 0) is 32.2 Å². The second-order valence-corrected chi connectivity index (χ2v) is 5.64. The molecular weight excluding hydrogens is 242 g/mol. The zero-order chi connectivity index (χ0) is 13.2. The van der Waals surface area contributed by atoms with E-state index in [2.05, 4.69) is 5.32 Å². The highest BCUT2D eigenvalue weighted by atomic mass is 16.6. The average molecular weight is 271 g/mol. The molecule has 1 N–H and O–H groups in total. The SMILES string of the molecule is C(CCCC1CO1)CCOCCCCNCC1CO1. The van der Waals surface area contributed by atoms with Gasteiger partial charge in [0.2, 0.25) is 0 Å². The summed E-state index contributed by atoms with van der Waals surface area (Å²) in [5.41, 5.74) is 0. The Morgan fingerprint density at radius 3 is 2.26 bits per heavy atom. The van der Waals surface area contributed by atoms with E-state index in [9.17, 15) is 0 Å². The van der Waals surface area contributed by atoms with Gasteiger partial charge in [0.15, 0.2) is 0 Å². The summed E-state index contributed by atoms with van der Waals surface area (Å²) in [5, 5.41) is 3.40. The second kappa shape index (κ2) is 9.70. The van der Waals surface area contributed by atoms with Gasteiger partial charge in [-0.3, -0.25) is 0 Å². The van der Waals surface area contributed by atoms with Gasteiger partial charge in [-0.1, -0.05) is 19.3 Å². The molecule has 0 spiro atoms. The van der Waals surface area contributed by atoms with Crippen LogP contribution in [0.4, 0.5) is 0 Å². The van der Waals surface area contributed by atoms with Crippen LogP contribution in [0.25, 0.3) is 0 Å². The van der Waals surface area contributed by atoms with Crippen molar-refractivity contribution in [2.75, 3.05) is 39.5 Å². The first-order chi connectivity index (χ1) is 9.45. The lowest BCUT2D eigenvalue weighted by molar-refractivity contribution is 0.126. The molecule has 0 aromatic heterocycles. The molecule has 0 aromatic rings. The lowest BCUT2D eigenvalue weighted by Crippen LogP contribution is -2.21. The maximum atomic E-state index is 5.64. The molecule has 4 heteroatoms. The van der Waals surface area contributed by atoms with Crippen molar-refractivity contribution in [1.29, 1.82) is 0 Å². The molecule has 2 saturated heterocycles. The summed E-state index contributed by atoms with van der Waals surface area (Å²) < 4.78 is 16.0. The van der Waals surface area contributed by atoms with E-state index < -0.39 is 0 Å². The molecule has 4 nitrogen and oxygen atoms in total. The van der Waals surface area contributed by atoms with Crippen molar-refractivity contribution < 1.29 is 14.2 Å². The van der Waals surface area contributed by atoms with Gasteiger partial charge >= 0.3 is 0 Å². The number of ether oxygens (including phenoxy) is 3. The zero-order valence-corrected chi connectivity index (χ0v) is 12.1. The van der Waals surface area contributed by atoms with Crippen molar-refractivity contribution in [3.63, 3.8) is 0 Å². The van der Waals surface area contributed by atoms with E-state index in [0.29, 0.717) is 12.2 Å². The maximum absolute atomic E-state index is 5.64. The summed E-state index contributed by atoms with van der Waals surface area (Å²) in [6, 6.07) is 0. The van der Waals surface area contributed by atoms with E-state index in [1.165, 1.54) is 38.5 Å². The van der Waals surface area contributed by atoms with Gasteiger partial charge in [-0.2, -0.15) is 0 Å². The molecule has 2 rings (SSSR count). The van der Waals surface area contributed by atoms with E-state index in [1.807, 2.05) is 0 Å². The standard InChI is InChI=1S/C15H29NO3/c1(3-7-14-12-18-14)2-5-9-17-10-6-4-8-16-11-15-13-19-15/h14-16H,1-13H2. The summed E-state index contributed by atoms with van der Waals surface area (Å²) in [5.74, 6) is 0. The van der Waals surface area contributed by atoms with Gasteiger partial charge in [0.25, 0.3) is 0 Å². The minimum Gasteiger partial charge on any atom is -0.381 e. The Morgan fingerprint density at radius 1 is 0.842 bits per heavy atom. The molecule has 0 radical (unpaired) electrons. The summed E-state index contributed by atoms with van der Waals surface area (Å²) in [4.78, 5) is 0. The van der Waals surface area contributed by atoms with Crippen LogP contribution in [0.5, 0.6) is 0 Å². The smallest absolute Gasteiger partial charge is 0.0933 e. The number of hydrogen-bond acceptors (Lipinski definition) is 4. The van der Waals surface area contributed by atoms with Gasteiger partial charge in [-0.15, -0.1) is 0 Å². The molecule has 0 aromatic carbocycles. The van der Waals surface area contributed by atoms with Crippen LogP contribution in [0.15, 0.2) is 0 Å². The normalized spacial score (nSPS) is 24.6. The van der Waals surface area contributed by atoms with Crippen LogP contribution in [0.3, 0.4) is 0 Å². The Morgan fingerprint density at radius 2 is 1.53 bits per heavy atom. The van der Waals surface area contributed by atoms with E-state index >= 15 is 0 Å². The van der Waals surface area contributed by atoms with E-state index in [-0.39, 0.29) is 0 Å². The molecule has 0 saturated carbocycles. The highest BCUT2D eigenvalue weighted by Gasteiger charge is 2.21. The first-order valence-corrected chi connectivity index (χ1v) is 7.97. The highest BCUT2D eigenvalue weighted by Crippen LogP contribution is 2.17. The Kier molecular flexibility index (Phi) is 7.78. The topological polar surface area (TPSA) is 46.3 Å². The van der Waals surface area contributed by atoms with Crippen molar-refractivity contribution in [3.05, 3.63) is 0 Å². The average Bonchev–Trinajstić information content (AvgIpc) is 3.28. The summed E-state index contributed by atoms with van der Waals surface area (Å²) >= 11 is 0. The molecule has 2 atom stereocenters.